The van der Waals surface area contributed by atoms with Crippen LogP contribution in [-0.2, 0) is 21.5 Å². The summed E-state index contributed by atoms with van der Waals surface area (Å²) in [6.45, 7) is 5.50. The summed E-state index contributed by atoms with van der Waals surface area (Å²) in [7, 11) is 0. The molecule has 10 heteroatoms. The second-order valence-electron chi connectivity index (χ2n) is 9.89. The molecule has 208 valence electrons. The molecule has 1 unspecified atom stereocenters. The van der Waals surface area contributed by atoms with E-state index in [0.717, 1.165) is 5.56 Å². The van der Waals surface area contributed by atoms with Crippen LogP contribution in [0.2, 0.25) is 10.0 Å². The lowest BCUT2D eigenvalue weighted by atomic mass is 9.84. The number of ether oxygens (including phenoxy) is 1. The minimum Gasteiger partial charge on any atom is -0.492 e. The van der Waals surface area contributed by atoms with Crippen LogP contribution in [0.5, 0.6) is 5.75 Å². The number of para-hydroxylation sites is 1. The Hall–Kier alpha value is -3.75. The third-order valence-electron chi connectivity index (χ3n) is 7.34. The van der Waals surface area contributed by atoms with E-state index in [-0.39, 0.29) is 24.1 Å². The van der Waals surface area contributed by atoms with Crippen LogP contribution in [0.25, 0.3) is 0 Å². The van der Waals surface area contributed by atoms with Gasteiger partial charge in [0.15, 0.2) is 0 Å². The van der Waals surface area contributed by atoms with Crippen LogP contribution >= 0.6 is 23.2 Å². The molecule has 0 saturated carbocycles. The number of anilines is 2. The maximum atomic E-state index is 13.9. The zero-order chi connectivity index (χ0) is 28.4. The first-order chi connectivity index (χ1) is 19.2. The summed E-state index contributed by atoms with van der Waals surface area (Å²) in [4.78, 5) is 43.0. The van der Waals surface area contributed by atoms with Gasteiger partial charge in [0.05, 0.1) is 17.9 Å². The van der Waals surface area contributed by atoms with Crippen molar-refractivity contribution in [3.63, 3.8) is 0 Å². The minimum absolute atomic E-state index is 0.0123. The lowest BCUT2D eigenvalue weighted by molar-refractivity contribution is -0.130. The number of rotatable bonds is 7. The Morgan fingerprint density at radius 1 is 0.975 bits per heavy atom. The van der Waals surface area contributed by atoms with Gasteiger partial charge in [0.2, 0.25) is 5.91 Å². The number of nitrogens with zero attached hydrogens (tertiary/aromatic N) is 2. The molecule has 3 amide bonds. The summed E-state index contributed by atoms with van der Waals surface area (Å²) in [5.41, 5.74) is 1.63. The SMILES string of the molecule is CCOc1cccc(C(=O)N2CCN(C(C)=O)CC2)c1NC1(Cc2cccc(Cl)c2)C(=O)Nc2cc(Cl)ccc21. The third kappa shape index (κ3) is 5.33. The molecule has 0 aliphatic carbocycles. The summed E-state index contributed by atoms with van der Waals surface area (Å²) in [6, 6.07) is 17.9. The van der Waals surface area contributed by atoms with E-state index in [0.29, 0.717) is 71.1 Å². The predicted molar refractivity (Wildman–Crippen MR) is 156 cm³/mol. The Morgan fingerprint density at radius 2 is 1.68 bits per heavy atom. The van der Waals surface area contributed by atoms with E-state index in [1.807, 2.05) is 31.2 Å². The van der Waals surface area contributed by atoms with Gasteiger partial charge in [-0.15, -0.1) is 0 Å². The normalized spacial score (nSPS) is 18.2. The van der Waals surface area contributed by atoms with Gasteiger partial charge >= 0.3 is 0 Å². The predicted octanol–water partition coefficient (Wildman–Crippen LogP) is 5.20. The van der Waals surface area contributed by atoms with Crippen LogP contribution in [0.15, 0.2) is 60.7 Å². The number of fused-ring (bicyclic) bond motifs is 1. The minimum atomic E-state index is -1.29. The molecule has 1 atom stereocenters. The maximum Gasteiger partial charge on any atom is 0.256 e. The van der Waals surface area contributed by atoms with Crippen LogP contribution in [0, 0.1) is 0 Å². The van der Waals surface area contributed by atoms with Crippen LogP contribution < -0.4 is 15.4 Å². The Balaban J connectivity index is 1.60. The highest BCUT2D eigenvalue weighted by Gasteiger charge is 2.48. The number of benzene rings is 3. The molecule has 1 saturated heterocycles. The van der Waals surface area contributed by atoms with Crippen molar-refractivity contribution in [2.45, 2.75) is 25.8 Å². The Labute approximate surface area is 243 Å². The fourth-order valence-electron chi connectivity index (χ4n) is 5.36. The molecule has 1 fully saturated rings. The smallest absolute Gasteiger partial charge is 0.256 e. The first kappa shape index (κ1) is 27.8. The van der Waals surface area contributed by atoms with E-state index in [4.69, 9.17) is 27.9 Å². The van der Waals surface area contributed by atoms with Crippen molar-refractivity contribution in [1.29, 1.82) is 0 Å². The molecule has 2 aliphatic rings. The van der Waals surface area contributed by atoms with Crippen LogP contribution in [0.1, 0.15) is 35.3 Å². The average molecular weight is 582 g/mol. The quantitative estimate of drug-likeness (QED) is 0.401. The zero-order valence-electron chi connectivity index (χ0n) is 22.3. The van der Waals surface area contributed by atoms with Crippen LogP contribution in [0.3, 0.4) is 0 Å². The van der Waals surface area contributed by atoms with Crippen molar-refractivity contribution in [1.82, 2.24) is 9.80 Å². The lowest BCUT2D eigenvalue weighted by Gasteiger charge is -2.36. The van der Waals surface area contributed by atoms with Gasteiger partial charge in [0.1, 0.15) is 11.3 Å². The van der Waals surface area contributed by atoms with Gasteiger partial charge in [0.25, 0.3) is 11.8 Å². The largest absolute Gasteiger partial charge is 0.492 e. The molecule has 2 aliphatic heterocycles. The number of hydrogen-bond acceptors (Lipinski definition) is 5. The summed E-state index contributed by atoms with van der Waals surface area (Å²) in [5, 5.41) is 7.50. The van der Waals surface area contributed by atoms with Gasteiger partial charge in [-0.1, -0.05) is 47.5 Å². The molecular weight excluding hydrogens is 551 g/mol. The van der Waals surface area contributed by atoms with Crippen LogP contribution in [0.4, 0.5) is 11.4 Å². The number of carbonyl (C=O) groups is 3. The molecule has 3 aromatic carbocycles. The molecule has 40 heavy (non-hydrogen) atoms. The fourth-order valence-corrected chi connectivity index (χ4v) is 5.75. The van der Waals surface area contributed by atoms with Crippen molar-refractivity contribution >= 4 is 52.3 Å². The monoisotopic (exact) mass is 580 g/mol. The number of carbonyl (C=O) groups excluding carboxylic acids is 3. The van der Waals surface area contributed by atoms with E-state index < -0.39 is 5.54 Å². The number of piperazine rings is 1. The van der Waals surface area contributed by atoms with Crippen molar-refractivity contribution in [2.24, 2.45) is 0 Å². The molecule has 2 heterocycles. The molecule has 0 bridgehead atoms. The summed E-state index contributed by atoms with van der Waals surface area (Å²) in [5.74, 6) is -0.0532. The van der Waals surface area contributed by atoms with Gasteiger partial charge in [0, 0.05) is 60.8 Å². The van der Waals surface area contributed by atoms with Crippen molar-refractivity contribution in [3.8, 4) is 5.75 Å². The second-order valence-corrected chi connectivity index (χ2v) is 10.8. The van der Waals surface area contributed by atoms with Crippen molar-refractivity contribution in [2.75, 3.05) is 43.4 Å². The number of amides is 3. The maximum absolute atomic E-state index is 13.9. The standard InChI is InChI=1S/C30H30Cl2N4O4/c1-3-40-26-9-5-8-23(28(38)36-14-12-35(13-15-36)19(2)37)27(26)34-30(18-20-6-4-7-21(31)16-20)24-11-10-22(32)17-25(24)33-29(30)39/h4-11,16-17,34H,3,12-15,18H2,1-2H3,(H,33,39). The van der Waals surface area contributed by atoms with Gasteiger partial charge in [-0.3, -0.25) is 14.4 Å². The Morgan fingerprint density at radius 3 is 2.38 bits per heavy atom. The molecule has 2 N–H and O–H groups in total. The second kappa shape index (κ2) is 11.4. The summed E-state index contributed by atoms with van der Waals surface area (Å²) < 4.78 is 5.97. The third-order valence-corrected chi connectivity index (χ3v) is 7.81. The van der Waals surface area contributed by atoms with E-state index in [1.165, 1.54) is 6.92 Å². The summed E-state index contributed by atoms with van der Waals surface area (Å²) >= 11 is 12.6. The van der Waals surface area contributed by atoms with E-state index in [1.54, 1.807) is 46.2 Å². The highest BCUT2D eigenvalue weighted by molar-refractivity contribution is 6.31. The number of hydrogen-bond donors (Lipinski definition) is 2. The number of halogens is 2. The molecule has 8 nitrogen and oxygen atoms in total. The molecule has 0 aromatic heterocycles. The van der Waals surface area contributed by atoms with Crippen molar-refractivity contribution < 1.29 is 19.1 Å². The zero-order valence-corrected chi connectivity index (χ0v) is 23.8. The fraction of sp³-hybridized carbons (Fsp3) is 0.300. The highest BCUT2D eigenvalue weighted by atomic mass is 35.5. The average Bonchev–Trinajstić information content (AvgIpc) is 3.19. The van der Waals surface area contributed by atoms with Gasteiger partial charge in [-0.2, -0.15) is 0 Å². The Bertz CT molecular complexity index is 1470. The first-order valence-electron chi connectivity index (χ1n) is 13.2. The highest BCUT2D eigenvalue weighted by Crippen LogP contribution is 2.45. The lowest BCUT2D eigenvalue weighted by Crippen LogP contribution is -2.50. The molecule has 5 rings (SSSR count). The van der Waals surface area contributed by atoms with Gasteiger partial charge in [-0.25, -0.2) is 0 Å². The van der Waals surface area contributed by atoms with Gasteiger partial charge in [-0.05, 0) is 48.9 Å². The molecular formula is C30H30Cl2N4O4. The number of nitrogens with one attached hydrogen (secondary N) is 2. The van der Waals surface area contributed by atoms with Crippen molar-refractivity contribution in [3.05, 3.63) is 87.4 Å². The first-order valence-corrected chi connectivity index (χ1v) is 13.9. The summed E-state index contributed by atoms with van der Waals surface area (Å²) in [6.07, 6.45) is 0.249. The molecule has 0 spiro atoms. The molecule has 0 radical (unpaired) electrons. The van der Waals surface area contributed by atoms with Crippen LogP contribution in [-0.4, -0.2) is 60.3 Å². The van der Waals surface area contributed by atoms with E-state index in [9.17, 15) is 14.4 Å². The van der Waals surface area contributed by atoms with E-state index in [2.05, 4.69) is 10.6 Å². The van der Waals surface area contributed by atoms with Gasteiger partial charge < -0.3 is 25.2 Å². The van der Waals surface area contributed by atoms with E-state index >= 15 is 0 Å². The Kier molecular flexibility index (Phi) is 7.92. The molecule has 3 aromatic rings. The topological polar surface area (TPSA) is 91.0 Å².